The van der Waals surface area contributed by atoms with Crippen LogP contribution in [0.15, 0.2) is 182 Å². The van der Waals surface area contributed by atoms with Gasteiger partial charge < -0.3 is 9.30 Å². The van der Waals surface area contributed by atoms with Crippen molar-refractivity contribution in [3.05, 3.63) is 182 Å². The third-order valence-electron chi connectivity index (χ3n) is 9.01. The van der Waals surface area contributed by atoms with E-state index in [9.17, 15) is 0 Å². The molecule has 0 saturated carbocycles. The van der Waals surface area contributed by atoms with Crippen molar-refractivity contribution in [2.24, 2.45) is 0 Å². The van der Waals surface area contributed by atoms with Gasteiger partial charge in [0.25, 0.3) is 0 Å². The van der Waals surface area contributed by atoms with Crippen molar-refractivity contribution in [3.8, 4) is 32.7 Å². The van der Waals surface area contributed by atoms with Crippen molar-refractivity contribution in [3.63, 3.8) is 0 Å². The molecule has 0 atom stereocenters. The van der Waals surface area contributed by atoms with Crippen LogP contribution in [0.4, 0.5) is 17.1 Å². The first-order chi connectivity index (χ1) is 23.2. The van der Waals surface area contributed by atoms with E-state index < -0.39 is 0 Å². The Morgan fingerprint density at radius 3 is 1.66 bits per heavy atom. The van der Waals surface area contributed by atoms with Gasteiger partial charge in [0.1, 0.15) is 0 Å². The van der Waals surface area contributed by atoms with Crippen LogP contribution in [0.2, 0.25) is 0 Å². The summed E-state index contributed by atoms with van der Waals surface area (Å²) in [5.74, 6) is 0. The third-order valence-corrected chi connectivity index (χ3v) is 10.2. The molecule has 0 amide bonds. The average Bonchev–Trinajstić information content (AvgIpc) is 3.78. The normalized spacial score (nSPS) is 11.4. The Morgan fingerprint density at radius 2 is 0.979 bits per heavy atom. The molecule has 0 unspecified atom stereocenters. The lowest BCUT2D eigenvalue weighted by molar-refractivity contribution is 1.20. The first kappa shape index (κ1) is 27.4. The molecule has 2 nitrogen and oxygen atoms in total. The van der Waals surface area contributed by atoms with Crippen molar-refractivity contribution in [2.45, 2.75) is 0 Å². The SMILES string of the molecule is c1ccc2cc(-c3ccc(N(c4ccc(-c5cc6ccccn6c5)cc4)c4ccc(-c5cc6ccccc6s5)cc4)cc3)ccc2c1. The number of nitrogens with zero attached hydrogens (tertiary/aromatic N) is 2. The molecule has 0 bridgehead atoms. The Kier molecular flexibility index (Phi) is 6.69. The molecule has 9 aromatic rings. The van der Waals surface area contributed by atoms with E-state index in [4.69, 9.17) is 0 Å². The van der Waals surface area contributed by atoms with E-state index >= 15 is 0 Å². The van der Waals surface area contributed by atoms with Gasteiger partial charge in [0, 0.05) is 50.1 Å². The zero-order chi connectivity index (χ0) is 31.2. The summed E-state index contributed by atoms with van der Waals surface area (Å²) >= 11 is 1.84. The van der Waals surface area contributed by atoms with Crippen molar-refractivity contribution in [1.82, 2.24) is 4.40 Å². The zero-order valence-electron chi connectivity index (χ0n) is 25.6. The molecule has 3 heteroatoms. The zero-order valence-corrected chi connectivity index (χ0v) is 26.4. The van der Waals surface area contributed by atoms with E-state index in [1.807, 2.05) is 11.3 Å². The Morgan fingerprint density at radius 1 is 0.404 bits per heavy atom. The van der Waals surface area contributed by atoms with Gasteiger partial charge in [-0.05, 0) is 111 Å². The highest BCUT2D eigenvalue weighted by Crippen LogP contribution is 2.39. The number of aromatic nitrogens is 1. The van der Waals surface area contributed by atoms with Crippen LogP contribution in [0, 0.1) is 0 Å². The van der Waals surface area contributed by atoms with Crippen LogP contribution in [0.5, 0.6) is 0 Å². The van der Waals surface area contributed by atoms with Crippen LogP contribution in [-0.4, -0.2) is 4.40 Å². The monoisotopic (exact) mass is 618 g/mol. The standard InChI is InChI=1S/C44H30N2S/c1-2-8-35-27-36(13-12-31(35)7-1)32-14-20-39(21-15-32)46(40-22-16-33(17-23-40)38-28-42-10-5-6-26-45(42)30-38)41-24-18-34(19-25-41)44-29-37-9-3-4-11-43(37)47-44/h1-30H. The van der Waals surface area contributed by atoms with Crippen LogP contribution in [0.3, 0.4) is 0 Å². The molecule has 3 aromatic heterocycles. The maximum Gasteiger partial charge on any atom is 0.0462 e. The lowest BCUT2D eigenvalue weighted by Gasteiger charge is -2.26. The Labute approximate surface area is 278 Å². The molecule has 0 aliphatic rings. The number of anilines is 3. The van der Waals surface area contributed by atoms with E-state index in [0.717, 1.165) is 17.1 Å². The number of pyridine rings is 1. The van der Waals surface area contributed by atoms with E-state index in [2.05, 4.69) is 192 Å². The highest BCUT2D eigenvalue weighted by molar-refractivity contribution is 7.22. The molecule has 0 aliphatic heterocycles. The predicted octanol–water partition coefficient (Wildman–Crippen LogP) is 12.8. The van der Waals surface area contributed by atoms with Gasteiger partial charge in [0.15, 0.2) is 0 Å². The van der Waals surface area contributed by atoms with Gasteiger partial charge in [0.2, 0.25) is 0 Å². The van der Waals surface area contributed by atoms with Crippen molar-refractivity contribution in [2.75, 3.05) is 4.90 Å². The largest absolute Gasteiger partial charge is 0.323 e. The van der Waals surface area contributed by atoms with Gasteiger partial charge in [-0.15, -0.1) is 11.3 Å². The fraction of sp³-hybridized carbons (Fsp3) is 0. The van der Waals surface area contributed by atoms with Crippen LogP contribution < -0.4 is 4.90 Å². The summed E-state index contributed by atoms with van der Waals surface area (Å²) in [6, 6.07) is 61.5. The van der Waals surface area contributed by atoms with Crippen molar-refractivity contribution < 1.29 is 0 Å². The summed E-state index contributed by atoms with van der Waals surface area (Å²) in [5.41, 5.74) is 10.6. The van der Waals surface area contributed by atoms with E-state index in [-0.39, 0.29) is 0 Å². The molecule has 0 N–H and O–H groups in total. The molecule has 222 valence electrons. The lowest BCUT2D eigenvalue weighted by Crippen LogP contribution is -2.09. The number of hydrogen-bond acceptors (Lipinski definition) is 2. The summed E-state index contributed by atoms with van der Waals surface area (Å²) in [5, 5.41) is 3.81. The van der Waals surface area contributed by atoms with Gasteiger partial charge in [0.05, 0.1) is 0 Å². The minimum atomic E-state index is 1.12. The molecule has 0 spiro atoms. The summed E-state index contributed by atoms with van der Waals surface area (Å²) in [7, 11) is 0. The summed E-state index contributed by atoms with van der Waals surface area (Å²) < 4.78 is 3.49. The molecule has 6 aromatic carbocycles. The fourth-order valence-corrected chi connectivity index (χ4v) is 7.60. The summed E-state index contributed by atoms with van der Waals surface area (Å²) in [6.07, 6.45) is 4.29. The maximum absolute atomic E-state index is 2.35. The smallest absolute Gasteiger partial charge is 0.0462 e. The lowest BCUT2D eigenvalue weighted by atomic mass is 10.0. The third kappa shape index (κ3) is 5.17. The highest BCUT2D eigenvalue weighted by Gasteiger charge is 2.15. The Balaban J connectivity index is 1.09. The molecular formula is C44H30N2S. The van der Waals surface area contributed by atoms with Crippen molar-refractivity contribution >= 4 is 54.8 Å². The first-order valence-electron chi connectivity index (χ1n) is 15.9. The molecular weight excluding hydrogens is 589 g/mol. The molecule has 0 aliphatic carbocycles. The van der Waals surface area contributed by atoms with E-state index in [1.165, 1.54) is 59.1 Å². The van der Waals surface area contributed by atoms with Crippen LogP contribution in [0.25, 0.3) is 59.1 Å². The first-order valence-corrected chi connectivity index (χ1v) is 16.7. The molecule has 3 heterocycles. The van der Waals surface area contributed by atoms with Gasteiger partial charge in [-0.1, -0.05) is 97.1 Å². The van der Waals surface area contributed by atoms with E-state index in [0.29, 0.717) is 0 Å². The highest BCUT2D eigenvalue weighted by atomic mass is 32.1. The second kappa shape index (κ2) is 11.5. The summed E-state index contributed by atoms with van der Waals surface area (Å²) in [4.78, 5) is 3.63. The average molecular weight is 619 g/mol. The maximum atomic E-state index is 2.35. The summed E-state index contributed by atoms with van der Waals surface area (Å²) in [6.45, 7) is 0. The Hall–Kier alpha value is -5.90. The fourth-order valence-electron chi connectivity index (χ4n) is 6.53. The van der Waals surface area contributed by atoms with Crippen LogP contribution >= 0.6 is 11.3 Å². The van der Waals surface area contributed by atoms with Gasteiger partial charge >= 0.3 is 0 Å². The molecule has 9 rings (SSSR count). The minimum Gasteiger partial charge on any atom is -0.323 e. The van der Waals surface area contributed by atoms with Crippen molar-refractivity contribution in [1.29, 1.82) is 0 Å². The number of thiophene rings is 1. The van der Waals surface area contributed by atoms with E-state index in [1.54, 1.807) is 0 Å². The van der Waals surface area contributed by atoms with Crippen LogP contribution in [-0.2, 0) is 0 Å². The van der Waals surface area contributed by atoms with Crippen LogP contribution in [0.1, 0.15) is 0 Å². The number of fused-ring (bicyclic) bond motifs is 3. The molecule has 47 heavy (non-hydrogen) atoms. The predicted molar refractivity (Wildman–Crippen MR) is 201 cm³/mol. The van der Waals surface area contributed by atoms with Gasteiger partial charge in [-0.3, -0.25) is 0 Å². The number of rotatable bonds is 6. The quantitative estimate of drug-likeness (QED) is 0.180. The topological polar surface area (TPSA) is 7.65 Å². The minimum absolute atomic E-state index is 1.12. The second-order valence-electron chi connectivity index (χ2n) is 11.9. The van der Waals surface area contributed by atoms with Gasteiger partial charge in [-0.25, -0.2) is 0 Å². The van der Waals surface area contributed by atoms with Gasteiger partial charge in [-0.2, -0.15) is 0 Å². The molecule has 0 fully saturated rings. The molecule has 0 radical (unpaired) electrons. The Bertz CT molecular complexity index is 2320. The molecule has 0 saturated heterocycles. The number of benzene rings is 6. The number of hydrogen-bond donors (Lipinski definition) is 0. The second-order valence-corrected chi connectivity index (χ2v) is 13.0.